The number of allylic oxidation sites excluding steroid dienone is 1. The first kappa shape index (κ1) is 15.6. The standard InChI is InChI=1S/C12H17NO5S/c1-5-9-11(12(16)17-4)19-10(18-8(3)15)6-13(9)7(2)14/h10H,5-6H2,1-4H3. The summed E-state index contributed by atoms with van der Waals surface area (Å²) in [5.41, 5.74) is 0.0125. The Bertz CT molecular complexity index is 432. The zero-order valence-electron chi connectivity index (χ0n) is 11.4. The van der Waals surface area contributed by atoms with E-state index in [2.05, 4.69) is 0 Å². The van der Waals surface area contributed by atoms with Crippen molar-refractivity contribution in [2.75, 3.05) is 13.7 Å². The van der Waals surface area contributed by atoms with Gasteiger partial charge in [0.05, 0.1) is 13.7 Å². The lowest BCUT2D eigenvalue weighted by atomic mass is 10.2. The van der Waals surface area contributed by atoms with Crippen molar-refractivity contribution in [1.82, 2.24) is 4.90 Å². The van der Waals surface area contributed by atoms with Gasteiger partial charge in [0.2, 0.25) is 5.91 Å². The van der Waals surface area contributed by atoms with Crippen molar-refractivity contribution in [3.63, 3.8) is 0 Å². The third kappa shape index (κ3) is 3.73. The number of rotatable bonds is 3. The molecule has 1 unspecified atom stereocenters. The van der Waals surface area contributed by atoms with Gasteiger partial charge in [-0.25, -0.2) is 4.79 Å². The molecule has 0 aromatic rings. The molecule has 0 fully saturated rings. The Morgan fingerprint density at radius 3 is 2.42 bits per heavy atom. The Morgan fingerprint density at radius 2 is 2.00 bits per heavy atom. The Labute approximate surface area is 116 Å². The number of esters is 2. The number of methoxy groups -OCH3 is 1. The number of thioether (sulfide) groups is 1. The van der Waals surface area contributed by atoms with Crippen LogP contribution in [0.2, 0.25) is 0 Å². The molecular weight excluding hydrogens is 270 g/mol. The molecule has 6 nitrogen and oxygen atoms in total. The molecule has 0 aromatic heterocycles. The predicted octanol–water partition coefficient (Wildman–Crippen LogP) is 1.27. The van der Waals surface area contributed by atoms with Crippen molar-refractivity contribution in [3.05, 3.63) is 10.6 Å². The molecule has 0 saturated heterocycles. The molecule has 19 heavy (non-hydrogen) atoms. The van der Waals surface area contributed by atoms with Crippen molar-refractivity contribution in [2.45, 2.75) is 32.6 Å². The van der Waals surface area contributed by atoms with Crippen LogP contribution in [0.1, 0.15) is 27.2 Å². The van der Waals surface area contributed by atoms with E-state index in [1.54, 1.807) is 0 Å². The maximum absolute atomic E-state index is 11.8. The van der Waals surface area contributed by atoms with E-state index in [0.29, 0.717) is 17.0 Å². The van der Waals surface area contributed by atoms with Gasteiger partial charge in [-0.3, -0.25) is 9.59 Å². The highest BCUT2D eigenvalue weighted by atomic mass is 32.2. The second-order valence-electron chi connectivity index (χ2n) is 3.91. The number of hydrogen-bond donors (Lipinski definition) is 0. The highest BCUT2D eigenvalue weighted by Gasteiger charge is 2.34. The molecule has 1 heterocycles. The number of carbonyl (C=O) groups is 3. The van der Waals surface area contributed by atoms with Gasteiger partial charge >= 0.3 is 11.9 Å². The number of hydrogen-bond acceptors (Lipinski definition) is 6. The molecule has 0 saturated carbocycles. The first-order valence-electron chi connectivity index (χ1n) is 5.84. The van der Waals surface area contributed by atoms with Gasteiger partial charge in [-0.1, -0.05) is 18.7 Å². The molecule has 0 bridgehead atoms. The molecule has 0 aliphatic carbocycles. The summed E-state index contributed by atoms with van der Waals surface area (Å²) in [5.74, 6) is -1.18. The lowest BCUT2D eigenvalue weighted by Gasteiger charge is -2.33. The molecule has 0 N–H and O–H groups in total. The Morgan fingerprint density at radius 1 is 1.37 bits per heavy atom. The van der Waals surface area contributed by atoms with Crippen molar-refractivity contribution in [3.8, 4) is 0 Å². The third-order valence-corrected chi connectivity index (χ3v) is 3.70. The van der Waals surface area contributed by atoms with Crippen LogP contribution in [-0.4, -0.2) is 41.8 Å². The van der Waals surface area contributed by atoms with Gasteiger partial charge in [-0.15, -0.1) is 0 Å². The van der Waals surface area contributed by atoms with E-state index in [0.717, 1.165) is 11.8 Å². The fourth-order valence-corrected chi connectivity index (χ4v) is 3.03. The second-order valence-corrected chi connectivity index (χ2v) is 5.08. The maximum Gasteiger partial charge on any atom is 0.346 e. The van der Waals surface area contributed by atoms with E-state index in [1.807, 2.05) is 6.92 Å². The van der Waals surface area contributed by atoms with Gasteiger partial charge in [-0.05, 0) is 6.42 Å². The van der Waals surface area contributed by atoms with Gasteiger partial charge in [0.25, 0.3) is 0 Å². The molecular formula is C12H17NO5S. The average molecular weight is 287 g/mol. The molecule has 0 aromatic carbocycles. The Kier molecular flexibility index (Phi) is 5.41. The summed E-state index contributed by atoms with van der Waals surface area (Å²) in [4.78, 5) is 36.2. The minimum Gasteiger partial charge on any atom is -0.465 e. The van der Waals surface area contributed by atoms with Crippen LogP contribution in [0, 0.1) is 0 Å². The Hall–Kier alpha value is -1.50. The number of amides is 1. The van der Waals surface area contributed by atoms with Gasteiger partial charge in [0.1, 0.15) is 4.91 Å². The van der Waals surface area contributed by atoms with Crippen LogP contribution in [0.3, 0.4) is 0 Å². The molecule has 1 aliphatic heterocycles. The molecule has 0 radical (unpaired) electrons. The van der Waals surface area contributed by atoms with Crippen LogP contribution in [0.15, 0.2) is 10.6 Å². The zero-order valence-corrected chi connectivity index (χ0v) is 12.2. The molecule has 1 rings (SSSR count). The summed E-state index contributed by atoms with van der Waals surface area (Å²) >= 11 is 1.11. The number of carbonyl (C=O) groups excluding carboxylic acids is 3. The van der Waals surface area contributed by atoms with Crippen LogP contribution in [0.4, 0.5) is 0 Å². The first-order chi connectivity index (χ1) is 8.90. The summed E-state index contributed by atoms with van der Waals surface area (Å²) < 4.78 is 9.78. The molecule has 1 atom stereocenters. The summed E-state index contributed by atoms with van der Waals surface area (Å²) in [6.07, 6.45) is 0.518. The average Bonchev–Trinajstić information content (AvgIpc) is 2.35. The first-order valence-corrected chi connectivity index (χ1v) is 6.72. The van der Waals surface area contributed by atoms with E-state index >= 15 is 0 Å². The minimum atomic E-state index is -0.592. The van der Waals surface area contributed by atoms with E-state index in [9.17, 15) is 14.4 Å². The molecule has 1 amide bonds. The Balaban J connectivity index is 3.12. The van der Waals surface area contributed by atoms with E-state index < -0.39 is 17.4 Å². The van der Waals surface area contributed by atoms with Crippen LogP contribution < -0.4 is 0 Å². The van der Waals surface area contributed by atoms with Crippen LogP contribution >= 0.6 is 11.8 Å². The largest absolute Gasteiger partial charge is 0.465 e. The molecule has 0 spiro atoms. The van der Waals surface area contributed by atoms with E-state index in [1.165, 1.54) is 25.9 Å². The quantitative estimate of drug-likeness (QED) is 0.728. The second kappa shape index (κ2) is 6.60. The lowest BCUT2D eigenvalue weighted by molar-refractivity contribution is -0.145. The highest BCUT2D eigenvalue weighted by molar-refractivity contribution is 8.04. The monoisotopic (exact) mass is 287 g/mol. The number of ether oxygens (including phenoxy) is 2. The lowest BCUT2D eigenvalue weighted by Crippen LogP contribution is -2.40. The molecule has 7 heteroatoms. The van der Waals surface area contributed by atoms with E-state index in [4.69, 9.17) is 9.47 Å². The van der Waals surface area contributed by atoms with Crippen LogP contribution in [-0.2, 0) is 23.9 Å². The van der Waals surface area contributed by atoms with Crippen LogP contribution in [0.25, 0.3) is 0 Å². The normalized spacial score (nSPS) is 19.2. The van der Waals surface area contributed by atoms with Gasteiger partial charge in [-0.2, -0.15) is 0 Å². The summed E-state index contributed by atoms with van der Waals surface area (Å²) in [6, 6.07) is 0. The van der Waals surface area contributed by atoms with Crippen molar-refractivity contribution < 1.29 is 23.9 Å². The summed E-state index contributed by atoms with van der Waals surface area (Å²) in [7, 11) is 1.27. The minimum absolute atomic E-state index is 0.198. The van der Waals surface area contributed by atoms with Crippen molar-refractivity contribution >= 4 is 29.6 Å². The van der Waals surface area contributed by atoms with Gasteiger partial charge < -0.3 is 14.4 Å². The maximum atomic E-state index is 11.8. The predicted molar refractivity (Wildman–Crippen MR) is 69.9 cm³/mol. The fourth-order valence-electron chi connectivity index (χ4n) is 1.79. The van der Waals surface area contributed by atoms with Gasteiger partial charge in [0.15, 0.2) is 5.44 Å². The van der Waals surface area contributed by atoms with Crippen molar-refractivity contribution in [2.24, 2.45) is 0 Å². The van der Waals surface area contributed by atoms with Crippen molar-refractivity contribution in [1.29, 1.82) is 0 Å². The zero-order chi connectivity index (χ0) is 14.6. The molecule has 1 aliphatic rings. The van der Waals surface area contributed by atoms with Gasteiger partial charge in [0, 0.05) is 19.5 Å². The smallest absolute Gasteiger partial charge is 0.346 e. The molecule has 106 valence electrons. The summed E-state index contributed by atoms with van der Waals surface area (Å²) in [5, 5.41) is 0. The summed E-state index contributed by atoms with van der Waals surface area (Å²) in [6.45, 7) is 4.78. The third-order valence-electron chi connectivity index (χ3n) is 2.55. The van der Waals surface area contributed by atoms with E-state index in [-0.39, 0.29) is 12.5 Å². The SMILES string of the molecule is CCC1=C(C(=O)OC)SC(OC(C)=O)CN1C(C)=O. The fraction of sp³-hybridized carbons (Fsp3) is 0.583. The van der Waals surface area contributed by atoms with Crippen LogP contribution in [0.5, 0.6) is 0 Å². The highest BCUT2D eigenvalue weighted by Crippen LogP contribution is 2.35. The topological polar surface area (TPSA) is 72.9 Å². The number of nitrogens with zero attached hydrogens (tertiary/aromatic N) is 1.